The van der Waals surface area contributed by atoms with Crippen molar-refractivity contribution in [2.24, 2.45) is 0 Å². The van der Waals surface area contributed by atoms with Crippen LogP contribution in [0.5, 0.6) is 0 Å². The smallest absolute Gasteiger partial charge is 0.410 e. The second-order valence-electron chi connectivity index (χ2n) is 7.93. The Morgan fingerprint density at radius 1 is 1.29 bits per heavy atom. The lowest BCUT2D eigenvalue weighted by Crippen LogP contribution is -2.36. The molecule has 0 unspecified atom stereocenters. The molecule has 2 N–H and O–H groups in total. The number of anilines is 1. The number of benzene rings is 1. The van der Waals surface area contributed by atoms with E-state index in [2.05, 4.69) is 20.5 Å². The fraction of sp³-hybridized carbons (Fsp3) is 0.348. The van der Waals surface area contributed by atoms with E-state index in [1.165, 1.54) is 23.4 Å². The van der Waals surface area contributed by atoms with Crippen LogP contribution in [0.15, 0.2) is 36.7 Å². The van der Waals surface area contributed by atoms with Crippen molar-refractivity contribution in [1.82, 2.24) is 24.6 Å². The predicted molar refractivity (Wildman–Crippen MR) is 121 cm³/mol. The maximum atomic E-state index is 14.8. The number of aliphatic hydroxyl groups excluding tert-OH is 1. The Morgan fingerprint density at radius 3 is 2.88 bits per heavy atom. The summed E-state index contributed by atoms with van der Waals surface area (Å²) in [4.78, 5) is 30.9. The van der Waals surface area contributed by atoms with E-state index in [1.54, 1.807) is 36.6 Å². The maximum absolute atomic E-state index is 14.8. The van der Waals surface area contributed by atoms with Crippen molar-refractivity contribution in [3.05, 3.63) is 59.2 Å². The van der Waals surface area contributed by atoms with Gasteiger partial charge in [0.25, 0.3) is 5.91 Å². The summed E-state index contributed by atoms with van der Waals surface area (Å²) < 4.78 is 21.5. The van der Waals surface area contributed by atoms with Gasteiger partial charge >= 0.3 is 6.09 Å². The Morgan fingerprint density at radius 2 is 2.12 bits per heavy atom. The summed E-state index contributed by atoms with van der Waals surface area (Å²) in [7, 11) is 0. The molecule has 1 atom stereocenters. The van der Waals surface area contributed by atoms with Gasteiger partial charge in [-0.05, 0) is 55.7 Å². The van der Waals surface area contributed by atoms with Gasteiger partial charge in [-0.2, -0.15) is 0 Å². The van der Waals surface area contributed by atoms with Crippen LogP contribution >= 0.6 is 0 Å². The fourth-order valence-corrected chi connectivity index (χ4v) is 3.77. The Kier molecular flexibility index (Phi) is 6.82. The molecular formula is C23H25FN6O4. The molecule has 0 radical (unpaired) electrons. The van der Waals surface area contributed by atoms with E-state index in [1.807, 2.05) is 0 Å². The highest BCUT2D eigenvalue weighted by Crippen LogP contribution is 2.25. The van der Waals surface area contributed by atoms with Crippen LogP contribution in [0.4, 0.5) is 15.0 Å². The second-order valence-corrected chi connectivity index (χ2v) is 7.93. The summed E-state index contributed by atoms with van der Waals surface area (Å²) in [5, 5.41) is 20.0. The van der Waals surface area contributed by atoms with Crippen LogP contribution in [0.3, 0.4) is 0 Å². The van der Waals surface area contributed by atoms with E-state index in [0.29, 0.717) is 30.0 Å². The molecule has 0 spiro atoms. The van der Waals surface area contributed by atoms with Crippen molar-refractivity contribution in [1.29, 1.82) is 0 Å². The van der Waals surface area contributed by atoms with Gasteiger partial charge < -0.3 is 24.6 Å². The van der Waals surface area contributed by atoms with Gasteiger partial charge in [0.05, 0.1) is 24.8 Å². The van der Waals surface area contributed by atoms with Crippen LogP contribution in [-0.2, 0) is 17.7 Å². The van der Waals surface area contributed by atoms with E-state index in [-0.39, 0.29) is 37.2 Å². The van der Waals surface area contributed by atoms with Gasteiger partial charge in [-0.15, -0.1) is 10.2 Å². The summed E-state index contributed by atoms with van der Waals surface area (Å²) >= 11 is 0. The third-order valence-corrected chi connectivity index (χ3v) is 5.60. The Bertz CT molecular complexity index is 1210. The molecule has 0 saturated carbocycles. The van der Waals surface area contributed by atoms with E-state index < -0.39 is 17.8 Å². The van der Waals surface area contributed by atoms with Crippen molar-refractivity contribution in [2.45, 2.75) is 32.9 Å². The highest BCUT2D eigenvalue weighted by Gasteiger charge is 2.25. The maximum Gasteiger partial charge on any atom is 0.410 e. The lowest BCUT2D eigenvalue weighted by molar-refractivity contribution is 0.102. The number of ether oxygens (including phenoxy) is 1. The van der Waals surface area contributed by atoms with Crippen molar-refractivity contribution in [2.75, 3.05) is 25.1 Å². The standard InChI is InChI=1S/C23H25FN6O4/c1-3-34-23(33)29-8-7-15-10-18(24)17(9-16(15)11-29)22(32)27-20-6-4-5-19(26-20)21-28-25-13-30(21)14(2)12-31/h4-6,9-10,13-14,31H,3,7-8,11-12H2,1-2H3,(H,26,27,32)/t14-/m1/s1. The molecule has 0 aliphatic carbocycles. The Balaban J connectivity index is 1.55. The summed E-state index contributed by atoms with van der Waals surface area (Å²) in [6.07, 6.45) is 1.53. The molecule has 0 fully saturated rings. The Hall–Kier alpha value is -3.86. The fourth-order valence-electron chi connectivity index (χ4n) is 3.77. The summed E-state index contributed by atoms with van der Waals surface area (Å²) in [5.74, 6) is -0.674. The van der Waals surface area contributed by atoms with Crippen molar-refractivity contribution >= 4 is 17.8 Å². The zero-order chi connectivity index (χ0) is 24.2. The summed E-state index contributed by atoms with van der Waals surface area (Å²) in [6, 6.07) is 7.51. The van der Waals surface area contributed by atoms with Gasteiger partial charge in [-0.3, -0.25) is 4.79 Å². The molecule has 1 aliphatic heterocycles. The van der Waals surface area contributed by atoms with Gasteiger partial charge in [0, 0.05) is 13.1 Å². The summed E-state index contributed by atoms with van der Waals surface area (Å²) in [5.41, 5.74) is 1.74. The molecule has 11 heteroatoms. The van der Waals surface area contributed by atoms with Crippen molar-refractivity contribution in [3.8, 4) is 11.5 Å². The molecule has 3 aromatic rings. The average molecular weight is 468 g/mol. The second kappa shape index (κ2) is 9.96. The number of hydrogen-bond acceptors (Lipinski definition) is 7. The van der Waals surface area contributed by atoms with Crippen LogP contribution in [0.2, 0.25) is 0 Å². The third kappa shape index (κ3) is 4.74. The number of hydrogen-bond donors (Lipinski definition) is 2. The molecule has 4 rings (SSSR count). The number of amides is 2. The number of pyridine rings is 1. The lowest BCUT2D eigenvalue weighted by Gasteiger charge is -2.28. The van der Waals surface area contributed by atoms with Gasteiger partial charge in [0.15, 0.2) is 5.82 Å². The van der Waals surface area contributed by atoms with Crippen molar-refractivity contribution < 1.29 is 23.8 Å². The number of rotatable bonds is 6. The highest BCUT2D eigenvalue weighted by molar-refractivity contribution is 6.04. The first-order valence-electron chi connectivity index (χ1n) is 10.9. The number of carbonyl (C=O) groups excluding carboxylic acids is 2. The topological polar surface area (TPSA) is 122 Å². The lowest BCUT2D eigenvalue weighted by atomic mass is 9.97. The highest BCUT2D eigenvalue weighted by atomic mass is 19.1. The zero-order valence-corrected chi connectivity index (χ0v) is 18.9. The number of aromatic nitrogens is 4. The van der Waals surface area contributed by atoms with Gasteiger partial charge in [-0.25, -0.2) is 14.2 Å². The largest absolute Gasteiger partial charge is 0.450 e. The first kappa shape index (κ1) is 23.3. The molecule has 34 heavy (non-hydrogen) atoms. The van der Waals surface area contributed by atoms with E-state index in [0.717, 1.165) is 5.56 Å². The van der Waals surface area contributed by atoms with E-state index >= 15 is 0 Å². The minimum Gasteiger partial charge on any atom is -0.450 e. The number of aliphatic hydroxyl groups is 1. The molecule has 3 heterocycles. The molecule has 10 nitrogen and oxygen atoms in total. The molecule has 1 aliphatic rings. The molecule has 0 bridgehead atoms. The molecule has 2 aromatic heterocycles. The monoisotopic (exact) mass is 468 g/mol. The van der Waals surface area contributed by atoms with Crippen LogP contribution in [0.1, 0.15) is 41.4 Å². The van der Waals surface area contributed by atoms with E-state index in [4.69, 9.17) is 4.74 Å². The SMILES string of the molecule is CCOC(=O)N1CCc2cc(F)c(C(=O)Nc3cccc(-c4nncn4[C@H](C)CO)n3)cc2C1. The number of nitrogens with zero attached hydrogens (tertiary/aromatic N) is 5. The normalized spacial score (nSPS) is 13.8. The number of halogens is 1. The zero-order valence-electron chi connectivity index (χ0n) is 18.9. The first-order valence-corrected chi connectivity index (χ1v) is 10.9. The van der Waals surface area contributed by atoms with E-state index in [9.17, 15) is 19.1 Å². The van der Waals surface area contributed by atoms with Gasteiger partial charge in [0.2, 0.25) is 0 Å². The van der Waals surface area contributed by atoms with Crippen LogP contribution < -0.4 is 5.32 Å². The van der Waals surface area contributed by atoms with Gasteiger partial charge in [-0.1, -0.05) is 6.07 Å². The van der Waals surface area contributed by atoms with Gasteiger partial charge in [0.1, 0.15) is 23.7 Å². The number of fused-ring (bicyclic) bond motifs is 1. The summed E-state index contributed by atoms with van der Waals surface area (Å²) in [6.45, 7) is 4.36. The number of carbonyl (C=O) groups is 2. The van der Waals surface area contributed by atoms with Crippen LogP contribution in [0, 0.1) is 5.82 Å². The molecule has 0 saturated heterocycles. The quantitative estimate of drug-likeness (QED) is 0.570. The number of nitrogens with one attached hydrogen (secondary N) is 1. The minimum absolute atomic E-state index is 0.104. The first-order chi connectivity index (χ1) is 16.4. The molecule has 1 aromatic carbocycles. The third-order valence-electron chi connectivity index (χ3n) is 5.60. The van der Waals surface area contributed by atoms with Crippen LogP contribution in [-0.4, -0.2) is 61.5 Å². The molecule has 178 valence electrons. The molecular weight excluding hydrogens is 443 g/mol. The Labute approximate surface area is 195 Å². The van der Waals surface area contributed by atoms with Crippen molar-refractivity contribution in [3.63, 3.8) is 0 Å². The van der Waals surface area contributed by atoms with Crippen LogP contribution in [0.25, 0.3) is 11.5 Å². The average Bonchev–Trinajstić information content (AvgIpc) is 3.33. The predicted octanol–water partition coefficient (Wildman–Crippen LogP) is 2.80. The molecule has 2 amide bonds. The minimum atomic E-state index is -0.664.